The topological polar surface area (TPSA) is 145 Å². The highest BCUT2D eigenvalue weighted by Crippen LogP contribution is 2.45. The molecule has 5 atom stereocenters. The van der Waals surface area contributed by atoms with E-state index in [1.54, 1.807) is 20.8 Å². The molecule has 10 heteroatoms. The van der Waals surface area contributed by atoms with Crippen LogP contribution in [-0.4, -0.2) is 74.9 Å². The average Bonchev–Trinajstić information content (AvgIpc) is 3.25. The van der Waals surface area contributed by atoms with Gasteiger partial charge in [0.2, 0.25) is 11.8 Å². The van der Waals surface area contributed by atoms with E-state index in [-0.39, 0.29) is 25.3 Å². The second kappa shape index (κ2) is 9.70. The van der Waals surface area contributed by atoms with Gasteiger partial charge in [0.05, 0.1) is 6.10 Å². The van der Waals surface area contributed by atoms with Crippen LogP contribution in [0.5, 0.6) is 0 Å². The summed E-state index contributed by atoms with van der Waals surface area (Å²) in [5, 5.41) is 25.2. The third kappa shape index (κ3) is 6.04. The second-order valence-corrected chi connectivity index (χ2v) is 10.2. The van der Waals surface area contributed by atoms with Gasteiger partial charge >= 0.3 is 12.1 Å². The summed E-state index contributed by atoms with van der Waals surface area (Å²) in [7, 11) is 0. The Balaban J connectivity index is 1.83. The zero-order valence-electron chi connectivity index (χ0n) is 19.5. The summed E-state index contributed by atoms with van der Waals surface area (Å²) in [5.74, 6) is -2.51. The minimum Gasteiger partial charge on any atom is -0.479 e. The number of aliphatic carboxylic acids is 1. The maximum atomic E-state index is 13.4. The molecule has 0 bridgehead atoms. The van der Waals surface area contributed by atoms with E-state index < -0.39 is 53.2 Å². The van der Waals surface area contributed by atoms with Gasteiger partial charge < -0.3 is 30.5 Å². The number of nitrogens with zero attached hydrogens (tertiary/aromatic N) is 1. The van der Waals surface area contributed by atoms with Crippen LogP contribution in [0.3, 0.4) is 0 Å². The van der Waals surface area contributed by atoms with Gasteiger partial charge in [0.1, 0.15) is 23.2 Å². The van der Waals surface area contributed by atoms with Crippen LogP contribution in [0.15, 0.2) is 12.2 Å². The quantitative estimate of drug-likeness (QED) is 0.450. The van der Waals surface area contributed by atoms with Crippen LogP contribution in [0.4, 0.5) is 4.79 Å². The number of rotatable bonds is 2. The summed E-state index contributed by atoms with van der Waals surface area (Å²) < 4.78 is 5.30. The van der Waals surface area contributed by atoms with Crippen LogP contribution in [0, 0.1) is 5.92 Å². The molecule has 10 nitrogen and oxygen atoms in total. The molecule has 4 N–H and O–H groups in total. The molecule has 0 radical (unpaired) electrons. The Bertz CT molecular complexity index is 821. The zero-order chi connectivity index (χ0) is 24.4. The summed E-state index contributed by atoms with van der Waals surface area (Å²) in [6.45, 7) is 5.10. The van der Waals surface area contributed by atoms with E-state index in [0.717, 1.165) is 19.3 Å². The highest BCUT2D eigenvalue weighted by atomic mass is 16.6. The first kappa shape index (κ1) is 25.0. The fraction of sp³-hybridized carbons (Fsp3) is 0.739. The second-order valence-electron chi connectivity index (χ2n) is 10.2. The monoisotopic (exact) mass is 465 g/mol. The van der Waals surface area contributed by atoms with Crippen molar-refractivity contribution in [2.24, 2.45) is 5.92 Å². The van der Waals surface area contributed by atoms with Gasteiger partial charge in [-0.1, -0.05) is 25.0 Å². The van der Waals surface area contributed by atoms with Crippen molar-refractivity contribution in [3.8, 4) is 0 Å². The molecule has 33 heavy (non-hydrogen) atoms. The molecule has 2 aliphatic heterocycles. The van der Waals surface area contributed by atoms with Crippen molar-refractivity contribution in [2.45, 2.75) is 95.0 Å². The van der Waals surface area contributed by atoms with Crippen molar-refractivity contribution in [2.75, 3.05) is 6.54 Å². The number of allylic oxidation sites excluding steroid dienone is 1. The van der Waals surface area contributed by atoms with Crippen LogP contribution in [-0.2, 0) is 19.1 Å². The number of carboxylic acids is 1. The van der Waals surface area contributed by atoms with Crippen molar-refractivity contribution in [3.63, 3.8) is 0 Å². The summed E-state index contributed by atoms with van der Waals surface area (Å²) in [5.41, 5.74) is -2.12. The molecule has 1 saturated carbocycles. The van der Waals surface area contributed by atoms with Crippen LogP contribution < -0.4 is 10.6 Å². The van der Waals surface area contributed by atoms with E-state index in [2.05, 4.69) is 10.6 Å². The van der Waals surface area contributed by atoms with Gasteiger partial charge in [-0.05, 0) is 46.5 Å². The normalized spacial score (nSPS) is 34.1. The van der Waals surface area contributed by atoms with Crippen LogP contribution in [0.25, 0.3) is 0 Å². The number of carbonyl (C=O) groups is 4. The van der Waals surface area contributed by atoms with E-state index in [1.807, 2.05) is 12.2 Å². The number of carboxylic acid groups (broad SMARTS) is 1. The third-order valence-electron chi connectivity index (χ3n) is 6.33. The molecule has 2 fully saturated rings. The first-order chi connectivity index (χ1) is 15.4. The summed E-state index contributed by atoms with van der Waals surface area (Å²) in [6.07, 6.45) is 5.91. The third-order valence-corrected chi connectivity index (χ3v) is 6.33. The lowest BCUT2D eigenvalue weighted by Crippen LogP contribution is -2.56. The van der Waals surface area contributed by atoms with E-state index >= 15 is 0 Å². The molecular formula is C23H35N3O7. The Hall–Kier alpha value is -2.62. The van der Waals surface area contributed by atoms with Crippen molar-refractivity contribution < 1.29 is 34.1 Å². The Morgan fingerprint density at radius 3 is 2.64 bits per heavy atom. The van der Waals surface area contributed by atoms with Crippen molar-refractivity contribution in [1.82, 2.24) is 15.5 Å². The smallest absolute Gasteiger partial charge is 0.408 e. The lowest BCUT2D eigenvalue weighted by molar-refractivity contribution is -0.145. The Kier molecular flexibility index (Phi) is 7.36. The number of ether oxygens (including phenoxy) is 1. The number of aliphatic hydroxyl groups excluding tert-OH is 1. The van der Waals surface area contributed by atoms with Gasteiger partial charge in [0.15, 0.2) is 0 Å². The number of aliphatic hydroxyl groups is 1. The van der Waals surface area contributed by atoms with E-state index in [1.165, 1.54) is 4.90 Å². The molecular weight excluding hydrogens is 430 g/mol. The van der Waals surface area contributed by atoms with Gasteiger partial charge in [-0.3, -0.25) is 9.59 Å². The van der Waals surface area contributed by atoms with Crippen LogP contribution in [0.1, 0.15) is 65.7 Å². The predicted octanol–water partition coefficient (Wildman–Crippen LogP) is 1.32. The number of hydrogen-bond donors (Lipinski definition) is 4. The van der Waals surface area contributed by atoms with Gasteiger partial charge in [-0.25, -0.2) is 9.59 Å². The Morgan fingerprint density at radius 1 is 1.24 bits per heavy atom. The zero-order valence-corrected chi connectivity index (χ0v) is 19.5. The minimum absolute atomic E-state index is 0.00688. The highest BCUT2D eigenvalue weighted by molar-refractivity contribution is 5.96. The first-order valence-electron chi connectivity index (χ1n) is 11.6. The maximum absolute atomic E-state index is 13.4. The van der Waals surface area contributed by atoms with Gasteiger partial charge in [-0.2, -0.15) is 0 Å². The van der Waals surface area contributed by atoms with Gasteiger partial charge in [0.25, 0.3) is 0 Å². The largest absolute Gasteiger partial charge is 0.479 e. The molecule has 3 rings (SSSR count). The standard InChI is InChI=1S/C23H35N3O7/c1-22(2,3)33-21(32)24-16-10-8-6-4-5-7-9-14-12-23(14,20(30)31)25-18(28)17-11-15(27)13-26(17)19(16)29/h7,9,14-17,27H,4-6,8,10-13H2,1-3H3,(H,24,32)(H,25,28)(H,30,31)/b9-7-. The fourth-order valence-electron chi connectivity index (χ4n) is 4.53. The number of hydrogen-bond acceptors (Lipinski definition) is 6. The molecule has 1 aliphatic carbocycles. The van der Waals surface area contributed by atoms with Crippen molar-refractivity contribution >= 4 is 23.9 Å². The molecule has 3 aliphatic rings. The average molecular weight is 466 g/mol. The van der Waals surface area contributed by atoms with Gasteiger partial charge in [0, 0.05) is 18.9 Å². The summed E-state index contributed by atoms with van der Waals surface area (Å²) in [4.78, 5) is 52.0. The Morgan fingerprint density at radius 2 is 1.97 bits per heavy atom. The van der Waals surface area contributed by atoms with E-state index in [0.29, 0.717) is 12.8 Å². The first-order valence-corrected chi connectivity index (χ1v) is 11.6. The van der Waals surface area contributed by atoms with E-state index in [9.17, 15) is 29.4 Å². The SMILES string of the molecule is CC(C)(C)OC(=O)NC1CCCCC/C=C\C2CC2(C(=O)O)NC(=O)C2CC(O)CN2C1=O. The van der Waals surface area contributed by atoms with E-state index in [4.69, 9.17) is 4.74 Å². The van der Waals surface area contributed by atoms with Gasteiger partial charge in [-0.15, -0.1) is 0 Å². The minimum atomic E-state index is -1.38. The Labute approximate surface area is 193 Å². The molecule has 2 heterocycles. The summed E-state index contributed by atoms with van der Waals surface area (Å²) >= 11 is 0. The lowest BCUT2D eigenvalue weighted by Gasteiger charge is -2.30. The van der Waals surface area contributed by atoms with Crippen LogP contribution >= 0.6 is 0 Å². The highest BCUT2D eigenvalue weighted by Gasteiger charge is 2.61. The molecule has 184 valence electrons. The predicted molar refractivity (Wildman–Crippen MR) is 118 cm³/mol. The molecule has 0 spiro atoms. The number of fused-ring (bicyclic) bond motifs is 2. The van der Waals surface area contributed by atoms with Crippen molar-refractivity contribution in [1.29, 1.82) is 0 Å². The molecule has 5 unspecified atom stereocenters. The number of carbonyl (C=O) groups excluding carboxylic acids is 3. The lowest BCUT2D eigenvalue weighted by atomic mass is 10.0. The molecule has 0 aromatic heterocycles. The molecule has 3 amide bonds. The van der Waals surface area contributed by atoms with Crippen LogP contribution in [0.2, 0.25) is 0 Å². The maximum Gasteiger partial charge on any atom is 0.408 e. The molecule has 1 saturated heterocycles. The number of nitrogens with one attached hydrogen (secondary N) is 2. The molecule has 0 aromatic carbocycles. The fourth-order valence-corrected chi connectivity index (χ4v) is 4.53. The molecule has 0 aromatic rings. The number of alkyl carbamates (subject to hydrolysis) is 1. The van der Waals surface area contributed by atoms with Crippen molar-refractivity contribution in [3.05, 3.63) is 12.2 Å². The number of amides is 3. The summed E-state index contributed by atoms with van der Waals surface area (Å²) in [6, 6.07) is -1.93.